The summed E-state index contributed by atoms with van der Waals surface area (Å²) in [6, 6.07) is 0. The third-order valence-electron chi connectivity index (χ3n) is 2.64. The molecule has 0 radical (unpaired) electrons. The Kier molecular flexibility index (Phi) is 5.51. The molecule has 0 spiro atoms. The minimum atomic E-state index is -0.379. The molecule has 2 nitrogen and oxygen atoms in total. The van der Waals surface area contributed by atoms with Crippen LogP contribution in [0.4, 0.5) is 0 Å². The van der Waals surface area contributed by atoms with E-state index in [0.717, 1.165) is 19.3 Å². The minimum Gasteiger partial charge on any atom is -0.456 e. The van der Waals surface area contributed by atoms with Gasteiger partial charge in [0.15, 0.2) is 0 Å². The lowest BCUT2D eigenvalue weighted by atomic mass is 9.85. The molecule has 14 heavy (non-hydrogen) atoms. The van der Waals surface area contributed by atoms with Crippen molar-refractivity contribution in [2.24, 2.45) is 5.92 Å². The van der Waals surface area contributed by atoms with Crippen molar-refractivity contribution in [3.8, 4) is 0 Å². The second-order valence-corrected chi connectivity index (χ2v) is 4.12. The summed E-state index contributed by atoms with van der Waals surface area (Å²) in [5, 5.41) is 0. The first-order chi connectivity index (χ1) is 6.47. The zero-order valence-corrected chi connectivity index (χ0v) is 9.80. The van der Waals surface area contributed by atoms with Gasteiger partial charge < -0.3 is 4.74 Å². The van der Waals surface area contributed by atoms with E-state index in [-0.39, 0.29) is 11.6 Å². The van der Waals surface area contributed by atoms with E-state index in [0.29, 0.717) is 5.92 Å². The van der Waals surface area contributed by atoms with Gasteiger partial charge in [-0.2, -0.15) is 0 Å². The van der Waals surface area contributed by atoms with Gasteiger partial charge in [0.25, 0.3) is 0 Å². The quantitative estimate of drug-likeness (QED) is 0.483. The normalized spacial score (nSPS) is 13.4. The fourth-order valence-corrected chi connectivity index (χ4v) is 1.78. The van der Waals surface area contributed by atoms with Crippen LogP contribution in [0.25, 0.3) is 0 Å². The predicted molar refractivity (Wildman–Crippen MR) is 59.1 cm³/mol. The summed E-state index contributed by atoms with van der Waals surface area (Å²) < 4.78 is 5.34. The molecule has 0 bridgehead atoms. The lowest BCUT2D eigenvalue weighted by Crippen LogP contribution is -2.36. The Bertz CT molecular complexity index is 194. The van der Waals surface area contributed by atoms with E-state index in [1.165, 1.54) is 6.08 Å². The molecule has 0 saturated heterocycles. The Hall–Kier alpha value is -0.790. The highest BCUT2D eigenvalue weighted by molar-refractivity contribution is 5.81. The van der Waals surface area contributed by atoms with E-state index in [9.17, 15) is 4.79 Å². The van der Waals surface area contributed by atoms with Gasteiger partial charge in [0.1, 0.15) is 5.60 Å². The van der Waals surface area contributed by atoms with Gasteiger partial charge in [-0.15, -0.1) is 0 Å². The van der Waals surface area contributed by atoms with Crippen LogP contribution in [-0.2, 0) is 9.53 Å². The summed E-state index contributed by atoms with van der Waals surface area (Å²) in [6.07, 6.45) is 4.47. The molecule has 0 aliphatic heterocycles. The van der Waals surface area contributed by atoms with Gasteiger partial charge in [-0.1, -0.05) is 26.8 Å². The fourth-order valence-electron chi connectivity index (χ4n) is 1.78. The largest absolute Gasteiger partial charge is 0.456 e. The minimum absolute atomic E-state index is 0.329. The Morgan fingerprint density at radius 1 is 1.50 bits per heavy atom. The molecule has 2 heteroatoms. The molecule has 0 rings (SSSR count). The fraction of sp³-hybridized carbons (Fsp3) is 0.750. The first-order valence-electron chi connectivity index (χ1n) is 5.33. The van der Waals surface area contributed by atoms with Crippen LogP contribution in [0.1, 0.15) is 47.0 Å². The molecule has 1 atom stereocenters. The maximum Gasteiger partial charge on any atom is 0.330 e. The summed E-state index contributed by atoms with van der Waals surface area (Å²) in [7, 11) is 0. The molecule has 0 aromatic carbocycles. The van der Waals surface area contributed by atoms with Crippen LogP contribution in [0.2, 0.25) is 0 Å². The smallest absolute Gasteiger partial charge is 0.330 e. The Morgan fingerprint density at radius 3 is 2.43 bits per heavy atom. The first kappa shape index (κ1) is 13.2. The zero-order valence-electron chi connectivity index (χ0n) is 9.80. The lowest BCUT2D eigenvalue weighted by molar-refractivity contribution is -0.155. The average Bonchev–Trinajstić information content (AvgIpc) is 2.12. The number of hydrogen-bond acceptors (Lipinski definition) is 2. The standard InChI is InChI=1S/C12H22O2/c1-6-9-10(7-2)12(4,5)14-11(13)8-3/h8,10H,3,6-7,9H2,1-2,4-5H3. The summed E-state index contributed by atoms with van der Waals surface area (Å²) in [6.45, 7) is 11.6. The number of rotatable bonds is 6. The van der Waals surface area contributed by atoms with Crippen molar-refractivity contribution < 1.29 is 9.53 Å². The molecule has 0 N–H and O–H groups in total. The molecule has 0 amide bonds. The maximum absolute atomic E-state index is 11.1. The Labute approximate surface area is 87.3 Å². The van der Waals surface area contributed by atoms with E-state index in [1.807, 2.05) is 13.8 Å². The van der Waals surface area contributed by atoms with Gasteiger partial charge >= 0.3 is 5.97 Å². The van der Waals surface area contributed by atoms with Gasteiger partial charge in [0, 0.05) is 6.08 Å². The molecule has 0 aliphatic rings. The Morgan fingerprint density at radius 2 is 2.07 bits per heavy atom. The molecule has 1 unspecified atom stereocenters. The van der Waals surface area contributed by atoms with Crippen molar-refractivity contribution >= 4 is 5.97 Å². The van der Waals surface area contributed by atoms with Crippen LogP contribution in [0.15, 0.2) is 12.7 Å². The predicted octanol–water partition coefficient (Wildman–Crippen LogP) is 3.32. The van der Waals surface area contributed by atoms with Gasteiger partial charge in [0.05, 0.1) is 0 Å². The Balaban J connectivity index is 4.38. The van der Waals surface area contributed by atoms with Crippen LogP contribution in [-0.4, -0.2) is 11.6 Å². The SMILES string of the molecule is C=CC(=O)OC(C)(C)C(CC)CCC. The van der Waals surface area contributed by atoms with Crippen molar-refractivity contribution in [1.82, 2.24) is 0 Å². The number of carbonyl (C=O) groups is 1. The summed E-state index contributed by atoms with van der Waals surface area (Å²) in [5.41, 5.74) is -0.379. The summed E-state index contributed by atoms with van der Waals surface area (Å²) in [5.74, 6) is 0.0981. The van der Waals surface area contributed by atoms with E-state index in [2.05, 4.69) is 20.4 Å². The van der Waals surface area contributed by atoms with Crippen LogP contribution in [0, 0.1) is 5.92 Å². The number of hydrogen-bond donors (Lipinski definition) is 0. The van der Waals surface area contributed by atoms with Crippen molar-refractivity contribution in [2.75, 3.05) is 0 Å². The highest BCUT2D eigenvalue weighted by atomic mass is 16.6. The topological polar surface area (TPSA) is 26.3 Å². The van der Waals surface area contributed by atoms with E-state index in [1.54, 1.807) is 0 Å². The molecule has 0 aromatic rings. The zero-order chi connectivity index (χ0) is 11.2. The first-order valence-corrected chi connectivity index (χ1v) is 5.33. The van der Waals surface area contributed by atoms with E-state index in [4.69, 9.17) is 4.74 Å². The van der Waals surface area contributed by atoms with Gasteiger partial charge in [-0.25, -0.2) is 4.79 Å². The van der Waals surface area contributed by atoms with Gasteiger partial charge in [-0.3, -0.25) is 0 Å². The van der Waals surface area contributed by atoms with Crippen molar-refractivity contribution in [3.63, 3.8) is 0 Å². The summed E-state index contributed by atoms with van der Waals surface area (Å²) >= 11 is 0. The van der Waals surface area contributed by atoms with Crippen LogP contribution >= 0.6 is 0 Å². The van der Waals surface area contributed by atoms with Crippen LogP contribution in [0.3, 0.4) is 0 Å². The lowest BCUT2D eigenvalue weighted by Gasteiger charge is -2.33. The molecular formula is C12H22O2. The van der Waals surface area contributed by atoms with Crippen molar-refractivity contribution in [2.45, 2.75) is 52.6 Å². The second kappa shape index (κ2) is 5.84. The third kappa shape index (κ3) is 3.95. The van der Waals surface area contributed by atoms with Gasteiger partial charge in [-0.05, 0) is 32.6 Å². The second-order valence-electron chi connectivity index (χ2n) is 4.12. The van der Waals surface area contributed by atoms with Crippen molar-refractivity contribution in [1.29, 1.82) is 0 Å². The molecule has 0 fully saturated rings. The molecule has 0 aromatic heterocycles. The molecule has 0 aliphatic carbocycles. The number of esters is 1. The molecule has 82 valence electrons. The highest BCUT2D eigenvalue weighted by Crippen LogP contribution is 2.28. The van der Waals surface area contributed by atoms with Gasteiger partial charge in [0.2, 0.25) is 0 Å². The number of carbonyl (C=O) groups excluding carboxylic acids is 1. The van der Waals surface area contributed by atoms with Crippen molar-refractivity contribution in [3.05, 3.63) is 12.7 Å². The molecule has 0 saturated carbocycles. The third-order valence-corrected chi connectivity index (χ3v) is 2.64. The monoisotopic (exact) mass is 198 g/mol. The maximum atomic E-state index is 11.1. The van der Waals surface area contributed by atoms with Crippen LogP contribution in [0.5, 0.6) is 0 Å². The summed E-state index contributed by atoms with van der Waals surface area (Å²) in [4.78, 5) is 11.1. The molecule has 0 heterocycles. The highest BCUT2D eigenvalue weighted by Gasteiger charge is 2.30. The van der Waals surface area contributed by atoms with E-state index >= 15 is 0 Å². The number of ether oxygens (including phenoxy) is 1. The average molecular weight is 198 g/mol. The van der Waals surface area contributed by atoms with Crippen LogP contribution < -0.4 is 0 Å². The van der Waals surface area contributed by atoms with E-state index < -0.39 is 0 Å². The molecular weight excluding hydrogens is 176 g/mol.